The lowest BCUT2D eigenvalue weighted by Gasteiger charge is -2.13. The smallest absolute Gasteiger partial charge is 0.262 e. The number of nitrogens with one attached hydrogen (secondary N) is 2. The highest BCUT2D eigenvalue weighted by atomic mass is 19.1. The van der Waals surface area contributed by atoms with E-state index in [9.17, 15) is 14.0 Å². The summed E-state index contributed by atoms with van der Waals surface area (Å²) in [5, 5.41) is 5.49. The zero-order chi connectivity index (χ0) is 19.3. The van der Waals surface area contributed by atoms with Gasteiger partial charge in [-0.3, -0.25) is 9.59 Å². The summed E-state index contributed by atoms with van der Waals surface area (Å²) in [7, 11) is 1.37. The number of methoxy groups -OCH3 is 1. The third-order valence-corrected chi connectivity index (χ3v) is 3.84. The van der Waals surface area contributed by atoms with Gasteiger partial charge in [-0.15, -0.1) is 0 Å². The number of rotatable bonds is 6. The highest BCUT2D eigenvalue weighted by molar-refractivity contribution is 6.07. The Morgan fingerprint density at radius 3 is 2.54 bits per heavy atom. The first-order valence-corrected chi connectivity index (χ1v) is 8.36. The van der Waals surface area contributed by atoms with Crippen LogP contribution in [-0.2, 0) is 0 Å². The molecule has 0 saturated heterocycles. The van der Waals surface area contributed by atoms with Crippen LogP contribution in [0.3, 0.4) is 0 Å². The van der Waals surface area contributed by atoms with Gasteiger partial charge in [-0.05, 0) is 42.7 Å². The molecular weight excluding hydrogens is 335 g/mol. The van der Waals surface area contributed by atoms with Gasteiger partial charge in [0.05, 0.1) is 7.11 Å². The van der Waals surface area contributed by atoms with Crippen LogP contribution in [0, 0.1) is 18.7 Å². The summed E-state index contributed by atoms with van der Waals surface area (Å²) < 4.78 is 19.1. The number of amides is 2. The summed E-state index contributed by atoms with van der Waals surface area (Å²) in [4.78, 5) is 24.8. The predicted molar refractivity (Wildman–Crippen MR) is 99.3 cm³/mol. The Morgan fingerprint density at radius 2 is 1.88 bits per heavy atom. The molecular formula is C20H23FN2O3. The number of aryl methyl sites for hydroxylation is 1. The van der Waals surface area contributed by atoms with Crippen molar-refractivity contribution in [3.63, 3.8) is 0 Å². The second-order valence-corrected chi connectivity index (χ2v) is 6.40. The monoisotopic (exact) mass is 358 g/mol. The topological polar surface area (TPSA) is 67.4 Å². The van der Waals surface area contributed by atoms with Gasteiger partial charge in [-0.2, -0.15) is 0 Å². The molecule has 0 aliphatic rings. The van der Waals surface area contributed by atoms with E-state index >= 15 is 0 Å². The Labute approximate surface area is 152 Å². The second-order valence-electron chi connectivity index (χ2n) is 6.40. The van der Waals surface area contributed by atoms with E-state index in [4.69, 9.17) is 4.74 Å². The fourth-order valence-electron chi connectivity index (χ4n) is 2.38. The van der Waals surface area contributed by atoms with Crippen LogP contribution in [0.1, 0.15) is 40.1 Å². The first-order chi connectivity index (χ1) is 12.3. The Balaban J connectivity index is 2.25. The lowest BCUT2D eigenvalue weighted by atomic mass is 10.1. The Kier molecular flexibility index (Phi) is 6.33. The average Bonchev–Trinajstić information content (AvgIpc) is 2.60. The Morgan fingerprint density at radius 1 is 1.15 bits per heavy atom. The fourth-order valence-corrected chi connectivity index (χ4v) is 2.38. The van der Waals surface area contributed by atoms with Crippen LogP contribution in [0.25, 0.3) is 0 Å². The van der Waals surface area contributed by atoms with Crippen LogP contribution < -0.4 is 15.4 Å². The Hall–Kier alpha value is -2.89. The van der Waals surface area contributed by atoms with Crippen LogP contribution >= 0.6 is 0 Å². The van der Waals surface area contributed by atoms with E-state index in [0.717, 1.165) is 5.56 Å². The van der Waals surface area contributed by atoms with Crippen molar-refractivity contribution in [2.24, 2.45) is 5.92 Å². The number of benzene rings is 2. The van der Waals surface area contributed by atoms with Gasteiger partial charge in [0.25, 0.3) is 11.8 Å². The largest absolute Gasteiger partial charge is 0.496 e. The lowest BCUT2D eigenvalue weighted by Crippen LogP contribution is -2.27. The third-order valence-electron chi connectivity index (χ3n) is 3.84. The van der Waals surface area contributed by atoms with E-state index in [1.807, 2.05) is 13.8 Å². The van der Waals surface area contributed by atoms with E-state index in [1.165, 1.54) is 25.3 Å². The number of hydrogen-bond acceptors (Lipinski definition) is 3. The molecule has 0 aliphatic heterocycles. The number of halogens is 1. The normalized spacial score (nSPS) is 10.5. The molecule has 0 spiro atoms. The zero-order valence-corrected chi connectivity index (χ0v) is 15.4. The van der Waals surface area contributed by atoms with Gasteiger partial charge in [0.1, 0.15) is 17.1 Å². The molecule has 0 heterocycles. The highest BCUT2D eigenvalue weighted by Crippen LogP contribution is 2.24. The van der Waals surface area contributed by atoms with Crippen LogP contribution in [0.4, 0.5) is 10.1 Å². The molecule has 2 aromatic carbocycles. The summed E-state index contributed by atoms with van der Waals surface area (Å²) >= 11 is 0. The quantitative estimate of drug-likeness (QED) is 0.826. The molecule has 6 heteroatoms. The minimum absolute atomic E-state index is 0.144. The molecule has 2 N–H and O–H groups in total. The van der Waals surface area contributed by atoms with Gasteiger partial charge in [0.2, 0.25) is 0 Å². The maximum Gasteiger partial charge on any atom is 0.262 e. The SMILES string of the molecule is COc1cccc(F)c1C(=O)Nc1cc(C(=O)NCC(C)C)ccc1C. The molecule has 2 aromatic rings. The highest BCUT2D eigenvalue weighted by Gasteiger charge is 2.19. The number of hydrogen-bond donors (Lipinski definition) is 2. The maximum absolute atomic E-state index is 14.1. The molecule has 0 radical (unpaired) electrons. The summed E-state index contributed by atoms with van der Waals surface area (Å²) in [5.74, 6) is -1.06. The van der Waals surface area contributed by atoms with Crippen molar-refractivity contribution in [1.82, 2.24) is 5.32 Å². The van der Waals surface area contributed by atoms with E-state index in [0.29, 0.717) is 23.7 Å². The van der Waals surface area contributed by atoms with Gasteiger partial charge < -0.3 is 15.4 Å². The molecule has 0 atom stereocenters. The van der Waals surface area contributed by atoms with Crippen molar-refractivity contribution in [2.45, 2.75) is 20.8 Å². The summed E-state index contributed by atoms with van der Waals surface area (Å²) in [6.07, 6.45) is 0. The number of carbonyl (C=O) groups is 2. The summed E-state index contributed by atoms with van der Waals surface area (Å²) in [6.45, 7) is 6.36. The van der Waals surface area contributed by atoms with Crippen LogP contribution in [0.15, 0.2) is 36.4 Å². The molecule has 5 nitrogen and oxygen atoms in total. The molecule has 0 aliphatic carbocycles. The molecule has 0 fully saturated rings. The van der Waals surface area contributed by atoms with Crippen LogP contribution in [0.5, 0.6) is 5.75 Å². The molecule has 26 heavy (non-hydrogen) atoms. The van der Waals surface area contributed by atoms with Gasteiger partial charge in [0, 0.05) is 17.8 Å². The molecule has 2 rings (SSSR count). The molecule has 138 valence electrons. The number of carbonyl (C=O) groups excluding carboxylic acids is 2. The first kappa shape index (κ1) is 19.4. The van der Waals surface area contributed by atoms with Crippen molar-refractivity contribution < 1.29 is 18.7 Å². The first-order valence-electron chi connectivity index (χ1n) is 8.36. The van der Waals surface area contributed by atoms with Crippen LogP contribution in [0.2, 0.25) is 0 Å². The predicted octanol–water partition coefficient (Wildman–Crippen LogP) is 3.78. The molecule has 0 unspecified atom stereocenters. The number of ether oxygens (including phenoxy) is 1. The van der Waals surface area contributed by atoms with Crippen LogP contribution in [-0.4, -0.2) is 25.5 Å². The van der Waals surface area contributed by atoms with Crippen molar-refractivity contribution >= 4 is 17.5 Å². The molecule has 2 amide bonds. The van der Waals surface area contributed by atoms with Gasteiger partial charge >= 0.3 is 0 Å². The molecule has 0 bridgehead atoms. The molecule has 0 aromatic heterocycles. The van der Waals surface area contributed by atoms with Gasteiger partial charge in [-0.25, -0.2) is 4.39 Å². The van der Waals surface area contributed by atoms with E-state index < -0.39 is 11.7 Å². The van der Waals surface area contributed by atoms with E-state index in [-0.39, 0.29) is 17.2 Å². The second kappa shape index (κ2) is 8.47. The van der Waals surface area contributed by atoms with Crippen molar-refractivity contribution in [3.05, 3.63) is 58.9 Å². The van der Waals surface area contributed by atoms with Gasteiger partial charge in [-0.1, -0.05) is 26.0 Å². The minimum Gasteiger partial charge on any atom is -0.496 e. The van der Waals surface area contributed by atoms with E-state index in [1.54, 1.807) is 25.1 Å². The third kappa shape index (κ3) is 4.59. The van der Waals surface area contributed by atoms with Crippen molar-refractivity contribution in [1.29, 1.82) is 0 Å². The standard InChI is InChI=1S/C20H23FN2O3/c1-12(2)11-22-19(24)14-9-8-13(3)16(10-14)23-20(25)18-15(21)6-5-7-17(18)26-4/h5-10,12H,11H2,1-4H3,(H,22,24)(H,23,25). The van der Waals surface area contributed by atoms with E-state index in [2.05, 4.69) is 10.6 Å². The number of anilines is 1. The average molecular weight is 358 g/mol. The zero-order valence-electron chi connectivity index (χ0n) is 15.4. The maximum atomic E-state index is 14.1. The summed E-state index contributed by atoms with van der Waals surface area (Å²) in [6, 6.07) is 9.18. The fraction of sp³-hybridized carbons (Fsp3) is 0.300. The Bertz CT molecular complexity index is 819. The van der Waals surface area contributed by atoms with Crippen molar-refractivity contribution in [2.75, 3.05) is 19.0 Å². The van der Waals surface area contributed by atoms with Crippen molar-refractivity contribution in [3.8, 4) is 5.75 Å². The minimum atomic E-state index is -0.676. The lowest BCUT2D eigenvalue weighted by molar-refractivity contribution is 0.0947. The van der Waals surface area contributed by atoms with Gasteiger partial charge in [0.15, 0.2) is 0 Å². The summed E-state index contributed by atoms with van der Waals surface area (Å²) in [5.41, 5.74) is 1.45. The molecule has 0 saturated carbocycles.